The van der Waals surface area contributed by atoms with Crippen molar-refractivity contribution in [3.8, 4) is 0 Å². The monoisotopic (exact) mass is 512 g/mol. The molecule has 0 saturated carbocycles. The van der Waals surface area contributed by atoms with Gasteiger partial charge in [0, 0.05) is 37.5 Å². The SMILES string of the molecule is O=C(O)CCC(=O)NCc1ccc([C@@H]2O[C@H](CN3CCC[C@H]3CO)C[C@H](c3ccc(CO)cc3)O2)cc1. The second-order valence-electron chi connectivity index (χ2n) is 9.74. The first kappa shape index (κ1) is 27.2. The van der Waals surface area contributed by atoms with Crippen LogP contribution in [0.5, 0.6) is 0 Å². The van der Waals surface area contributed by atoms with Crippen LogP contribution in [0.3, 0.4) is 0 Å². The molecule has 4 rings (SSSR count). The van der Waals surface area contributed by atoms with Crippen molar-refractivity contribution in [2.75, 3.05) is 19.7 Å². The van der Waals surface area contributed by atoms with Gasteiger partial charge in [-0.05, 0) is 36.1 Å². The van der Waals surface area contributed by atoms with Crippen LogP contribution in [0.25, 0.3) is 0 Å². The van der Waals surface area contributed by atoms with E-state index in [9.17, 15) is 19.8 Å². The highest BCUT2D eigenvalue weighted by Crippen LogP contribution is 2.38. The molecule has 4 atom stereocenters. The Morgan fingerprint density at radius 2 is 1.65 bits per heavy atom. The highest BCUT2D eigenvalue weighted by Gasteiger charge is 2.35. The zero-order valence-electron chi connectivity index (χ0n) is 20.9. The summed E-state index contributed by atoms with van der Waals surface area (Å²) in [6, 6.07) is 15.6. The molecule has 9 nitrogen and oxygen atoms in total. The number of likely N-dealkylation sites (tertiary alicyclic amines) is 1. The number of aliphatic hydroxyl groups is 2. The number of hydrogen-bond donors (Lipinski definition) is 4. The Morgan fingerprint density at radius 1 is 0.946 bits per heavy atom. The fourth-order valence-electron chi connectivity index (χ4n) is 4.94. The molecular formula is C28H36N2O7. The molecule has 0 spiro atoms. The molecular weight excluding hydrogens is 476 g/mol. The van der Waals surface area contributed by atoms with Crippen molar-refractivity contribution in [2.45, 2.75) is 69.8 Å². The lowest BCUT2D eigenvalue weighted by Gasteiger charge is -2.38. The number of aliphatic carboxylic acids is 1. The third kappa shape index (κ3) is 7.59. The van der Waals surface area contributed by atoms with Crippen LogP contribution in [0.2, 0.25) is 0 Å². The Bertz CT molecular complexity index is 1030. The number of aliphatic hydroxyl groups excluding tert-OH is 2. The Kier molecular flexibility index (Phi) is 9.65. The summed E-state index contributed by atoms with van der Waals surface area (Å²) in [5.41, 5.74) is 3.62. The minimum absolute atomic E-state index is 0.00989. The van der Waals surface area contributed by atoms with Gasteiger partial charge in [-0.15, -0.1) is 0 Å². The lowest BCUT2D eigenvalue weighted by atomic mass is 9.99. The van der Waals surface area contributed by atoms with Crippen LogP contribution in [0.4, 0.5) is 0 Å². The van der Waals surface area contributed by atoms with Crippen LogP contribution in [0.15, 0.2) is 48.5 Å². The van der Waals surface area contributed by atoms with Crippen molar-refractivity contribution in [3.63, 3.8) is 0 Å². The third-order valence-electron chi connectivity index (χ3n) is 7.07. The van der Waals surface area contributed by atoms with E-state index < -0.39 is 12.3 Å². The lowest BCUT2D eigenvalue weighted by Crippen LogP contribution is -2.42. The second-order valence-corrected chi connectivity index (χ2v) is 9.74. The van der Waals surface area contributed by atoms with Gasteiger partial charge in [0.15, 0.2) is 6.29 Å². The van der Waals surface area contributed by atoms with E-state index in [0.717, 1.165) is 48.2 Å². The molecule has 1 amide bonds. The number of nitrogens with zero attached hydrogens (tertiary/aromatic N) is 1. The molecule has 2 aromatic rings. The first-order valence-electron chi connectivity index (χ1n) is 12.9. The van der Waals surface area contributed by atoms with Crippen LogP contribution in [0.1, 0.15) is 66.8 Å². The second kappa shape index (κ2) is 13.1. The normalized spacial score (nSPS) is 24.2. The quantitative estimate of drug-likeness (QED) is 0.362. The molecule has 0 unspecified atom stereocenters. The third-order valence-corrected chi connectivity index (χ3v) is 7.07. The Balaban J connectivity index is 1.44. The topological polar surface area (TPSA) is 129 Å². The average Bonchev–Trinajstić information content (AvgIpc) is 3.37. The number of ether oxygens (including phenoxy) is 2. The number of hydrogen-bond acceptors (Lipinski definition) is 7. The summed E-state index contributed by atoms with van der Waals surface area (Å²) in [5.74, 6) is -1.30. The number of nitrogens with one attached hydrogen (secondary N) is 1. The van der Waals surface area contributed by atoms with Gasteiger partial charge in [0.1, 0.15) is 0 Å². The molecule has 0 aliphatic carbocycles. The van der Waals surface area contributed by atoms with Gasteiger partial charge in [0.25, 0.3) is 0 Å². The van der Waals surface area contributed by atoms with Crippen molar-refractivity contribution in [3.05, 3.63) is 70.8 Å². The zero-order valence-corrected chi connectivity index (χ0v) is 20.9. The van der Waals surface area contributed by atoms with Gasteiger partial charge in [-0.1, -0.05) is 48.5 Å². The lowest BCUT2D eigenvalue weighted by molar-refractivity contribution is -0.253. The van der Waals surface area contributed by atoms with Crippen LogP contribution < -0.4 is 5.32 Å². The molecule has 37 heavy (non-hydrogen) atoms. The number of rotatable bonds is 11. The summed E-state index contributed by atoms with van der Waals surface area (Å²) in [5, 5.41) is 30.6. The maximum Gasteiger partial charge on any atom is 0.303 e. The smallest absolute Gasteiger partial charge is 0.303 e. The zero-order chi connectivity index (χ0) is 26.2. The van der Waals surface area contributed by atoms with Crippen molar-refractivity contribution >= 4 is 11.9 Å². The highest BCUT2D eigenvalue weighted by molar-refractivity contribution is 5.80. The van der Waals surface area contributed by atoms with Gasteiger partial charge >= 0.3 is 5.97 Å². The Morgan fingerprint density at radius 3 is 2.32 bits per heavy atom. The van der Waals surface area contributed by atoms with E-state index in [1.807, 2.05) is 48.5 Å². The molecule has 0 aromatic heterocycles. The molecule has 2 saturated heterocycles. The fraction of sp³-hybridized carbons (Fsp3) is 0.500. The molecule has 0 radical (unpaired) electrons. The summed E-state index contributed by atoms with van der Waals surface area (Å²) in [7, 11) is 0. The number of amides is 1. The molecule has 0 bridgehead atoms. The van der Waals surface area contributed by atoms with Crippen molar-refractivity contribution < 1.29 is 34.4 Å². The number of carbonyl (C=O) groups is 2. The van der Waals surface area contributed by atoms with E-state index in [1.165, 1.54) is 0 Å². The molecule has 4 N–H and O–H groups in total. The number of carboxylic acid groups (broad SMARTS) is 1. The van der Waals surface area contributed by atoms with Gasteiger partial charge in [-0.2, -0.15) is 0 Å². The van der Waals surface area contributed by atoms with Crippen molar-refractivity contribution in [1.29, 1.82) is 0 Å². The van der Waals surface area contributed by atoms with E-state index in [-0.39, 0.29) is 50.2 Å². The molecule has 2 aromatic carbocycles. The van der Waals surface area contributed by atoms with E-state index in [0.29, 0.717) is 13.0 Å². The molecule has 2 heterocycles. The summed E-state index contributed by atoms with van der Waals surface area (Å²) in [6.07, 6.45) is 1.67. The van der Waals surface area contributed by atoms with E-state index in [1.54, 1.807) is 0 Å². The predicted octanol–water partition coefficient (Wildman–Crippen LogP) is 2.66. The van der Waals surface area contributed by atoms with Crippen molar-refractivity contribution in [2.24, 2.45) is 0 Å². The Labute approximate surface area is 217 Å². The van der Waals surface area contributed by atoms with E-state index in [2.05, 4.69) is 10.2 Å². The molecule has 9 heteroatoms. The van der Waals surface area contributed by atoms with Gasteiger partial charge in [0.2, 0.25) is 5.91 Å². The van der Waals surface area contributed by atoms with Gasteiger partial charge in [-0.3, -0.25) is 14.5 Å². The first-order valence-corrected chi connectivity index (χ1v) is 12.9. The average molecular weight is 513 g/mol. The van der Waals surface area contributed by atoms with Gasteiger partial charge in [0.05, 0.1) is 31.8 Å². The number of benzene rings is 2. The summed E-state index contributed by atoms with van der Waals surface area (Å²) in [4.78, 5) is 24.8. The van der Waals surface area contributed by atoms with Crippen LogP contribution >= 0.6 is 0 Å². The predicted molar refractivity (Wildman–Crippen MR) is 135 cm³/mol. The number of carbonyl (C=O) groups excluding carboxylic acids is 1. The Hall–Kier alpha value is -2.82. The standard InChI is InChI=1S/C28H36N2O7/c31-17-20-5-7-21(8-6-20)25-14-24(16-30-13-1-2-23(30)18-32)36-28(37-25)22-9-3-19(4-10-22)15-29-26(33)11-12-27(34)35/h3-10,23-25,28,31-32H,1-2,11-18H2,(H,29,33)(H,34,35)/t23-,24-,25+,28+/m0/s1. The first-order chi connectivity index (χ1) is 17.9. The molecule has 2 fully saturated rings. The molecule has 2 aliphatic rings. The van der Waals surface area contributed by atoms with Crippen LogP contribution in [0, 0.1) is 0 Å². The van der Waals surface area contributed by atoms with Gasteiger partial charge in [-0.25, -0.2) is 0 Å². The summed E-state index contributed by atoms with van der Waals surface area (Å²) in [6.45, 7) is 2.11. The molecule has 200 valence electrons. The van der Waals surface area contributed by atoms with Crippen LogP contribution in [-0.2, 0) is 32.2 Å². The van der Waals surface area contributed by atoms with Gasteiger partial charge < -0.3 is 30.1 Å². The highest BCUT2D eigenvalue weighted by atomic mass is 16.7. The van der Waals surface area contributed by atoms with E-state index in [4.69, 9.17) is 14.6 Å². The van der Waals surface area contributed by atoms with Crippen molar-refractivity contribution in [1.82, 2.24) is 10.2 Å². The minimum atomic E-state index is -0.996. The maximum atomic E-state index is 11.8. The number of carboxylic acids is 1. The summed E-state index contributed by atoms with van der Waals surface area (Å²) < 4.78 is 12.8. The van der Waals surface area contributed by atoms with E-state index >= 15 is 0 Å². The molecule has 2 aliphatic heterocycles. The fourth-order valence-corrected chi connectivity index (χ4v) is 4.94. The minimum Gasteiger partial charge on any atom is -0.481 e. The van der Waals surface area contributed by atoms with Crippen LogP contribution in [-0.4, -0.2) is 63.9 Å². The maximum absolute atomic E-state index is 11.8. The largest absolute Gasteiger partial charge is 0.481 e. The summed E-state index contributed by atoms with van der Waals surface area (Å²) >= 11 is 0.